The van der Waals surface area contributed by atoms with Crippen molar-refractivity contribution in [1.29, 1.82) is 0 Å². The molecule has 2 N–H and O–H groups in total. The Balaban J connectivity index is 1.70. The van der Waals surface area contributed by atoms with Crippen LogP contribution in [0.5, 0.6) is 0 Å². The number of nitrogens with zero attached hydrogens (tertiary/aromatic N) is 5. The van der Waals surface area contributed by atoms with Gasteiger partial charge in [-0.05, 0) is 30.2 Å². The van der Waals surface area contributed by atoms with Crippen LogP contribution < -0.4 is 10.2 Å². The van der Waals surface area contributed by atoms with Gasteiger partial charge in [0.25, 0.3) is 0 Å². The van der Waals surface area contributed by atoms with E-state index in [0.717, 1.165) is 12.3 Å². The van der Waals surface area contributed by atoms with Crippen molar-refractivity contribution < 1.29 is 17.6 Å². The molecule has 3 aromatic heterocycles. The first kappa shape index (κ1) is 21.4. The molecule has 0 bridgehead atoms. The number of nitrogens with one attached hydrogen (secondary N) is 2. The predicted molar refractivity (Wildman–Crippen MR) is 115 cm³/mol. The molecule has 0 saturated heterocycles. The number of fused-ring (bicyclic) bond motifs is 3. The molecule has 1 aromatic carbocycles. The zero-order valence-electron chi connectivity index (χ0n) is 17.1. The van der Waals surface area contributed by atoms with Gasteiger partial charge in [-0.2, -0.15) is 13.2 Å². The van der Waals surface area contributed by atoms with Crippen molar-refractivity contribution in [3.8, 4) is 0 Å². The maximum Gasteiger partial charge on any atom is 0.433 e. The summed E-state index contributed by atoms with van der Waals surface area (Å²) in [6.45, 7) is 0.242. The number of hydrogen-bond donors (Lipinski definition) is 2. The summed E-state index contributed by atoms with van der Waals surface area (Å²) in [5.41, 5.74) is 1.35. The van der Waals surface area contributed by atoms with Crippen LogP contribution in [0.3, 0.4) is 0 Å². The number of alkyl halides is 3. The van der Waals surface area contributed by atoms with Crippen LogP contribution in [0.15, 0.2) is 36.8 Å². The number of H-pyrrole nitrogens is 1. The molecule has 4 heterocycles. The van der Waals surface area contributed by atoms with Gasteiger partial charge in [0, 0.05) is 54.3 Å². The fraction of sp³-hybridized carbons (Fsp3) is 0.238. The number of aromatic nitrogens is 5. The molecule has 0 aliphatic carbocycles. The molecule has 1 atom stereocenters. The van der Waals surface area contributed by atoms with Crippen LogP contribution in [0.4, 0.5) is 29.5 Å². The summed E-state index contributed by atoms with van der Waals surface area (Å²) in [7, 11) is 1.67. The zero-order chi connectivity index (χ0) is 23.3. The average molecular weight is 478 g/mol. The lowest BCUT2D eigenvalue weighted by Gasteiger charge is -2.36. The van der Waals surface area contributed by atoms with Crippen molar-refractivity contribution in [3.63, 3.8) is 0 Å². The fourth-order valence-electron chi connectivity index (χ4n) is 4.13. The largest absolute Gasteiger partial charge is 0.433 e. The van der Waals surface area contributed by atoms with Gasteiger partial charge in [0.05, 0.1) is 5.02 Å². The molecule has 12 heteroatoms. The lowest BCUT2D eigenvalue weighted by molar-refractivity contribution is -0.141. The number of halogens is 5. The molecule has 4 aromatic rings. The lowest BCUT2D eigenvalue weighted by atomic mass is 9.94. The molecule has 0 fully saturated rings. The van der Waals surface area contributed by atoms with Gasteiger partial charge in [-0.15, -0.1) is 0 Å². The van der Waals surface area contributed by atoms with E-state index in [-0.39, 0.29) is 17.5 Å². The molecule has 33 heavy (non-hydrogen) atoms. The second-order valence-electron chi connectivity index (χ2n) is 7.48. The molecular formula is C21H16ClF4N7. The van der Waals surface area contributed by atoms with Gasteiger partial charge in [-0.1, -0.05) is 11.6 Å². The van der Waals surface area contributed by atoms with Crippen LogP contribution in [0.25, 0.3) is 10.9 Å². The molecule has 1 aliphatic heterocycles. The van der Waals surface area contributed by atoms with E-state index < -0.39 is 23.7 Å². The zero-order valence-corrected chi connectivity index (χ0v) is 17.8. The van der Waals surface area contributed by atoms with Crippen LogP contribution >= 0.6 is 11.6 Å². The van der Waals surface area contributed by atoms with Crippen LogP contribution in [-0.2, 0) is 12.6 Å². The van der Waals surface area contributed by atoms with Crippen molar-refractivity contribution in [2.24, 2.45) is 0 Å². The monoisotopic (exact) mass is 477 g/mol. The molecule has 1 aliphatic rings. The number of aromatic amines is 1. The maximum atomic E-state index is 14.9. The van der Waals surface area contributed by atoms with Gasteiger partial charge in [-0.25, -0.2) is 24.3 Å². The molecule has 170 valence electrons. The van der Waals surface area contributed by atoms with Crippen LogP contribution in [0.2, 0.25) is 5.02 Å². The standard InChI is InChI=1S/C21H16ClF4N7/c1-27-19-29-8-10(9-30-19)18-17-11(15-13(31-17)3-2-12(22)16(15)23)5-7-33(18)20-28-6-4-14(32-20)21(24,25)26/h2-4,6,8-9,18,31H,5,7H2,1H3,(H,27,29,30). The topological polar surface area (TPSA) is 82.6 Å². The molecular weight excluding hydrogens is 462 g/mol. The number of benzene rings is 1. The van der Waals surface area contributed by atoms with Crippen LogP contribution in [-0.4, -0.2) is 38.5 Å². The third-order valence-corrected chi connectivity index (χ3v) is 5.87. The van der Waals surface area contributed by atoms with E-state index in [1.165, 1.54) is 6.07 Å². The summed E-state index contributed by atoms with van der Waals surface area (Å²) < 4.78 is 54.8. The third kappa shape index (κ3) is 3.62. The van der Waals surface area contributed by atoms with E-state index >= 15 is 0 Å². The SMILES string of the molecule is CNc1ncc(C2c3[nH]c4ccc(Cl)c(F)c4c3CCN2c2nccc(C(F)(F)F)n2)cn1. The molecule has 7 nitrogen and oxygen atoms in total. The highest BCUT2D eigenvalue weighted by atomic mass is 35.5. The molecule has 5 rings (SSSR count). The van der Waals surface area contributed by atoms with E-state index in [1.54, 1.807) is 30.4 Å². The second kappa shape index (κ2) is 7.84. The van der Waals surface area contributed by atoms with Gasteiger partial charge in [-0.3, -0.25) is 0 Å². The van der Waals surface area contributed by atoms with Gasteiger partial charge in [0.2, 0.25) is 11.9 Å². The Morgan fingerprint density at radius 1 is 1.15 bits per heavy atom. The Kier molecular flexibility index (Phi) is 5.08. The Bertz CT molecular complexity index is 1340. The Morgan fingerprint density at radius 2 is 1.91 bits per heavy atom. The van der Waals surface area contributed by atoms with Gasteiger partial charge in [0.1, 0.15) is 11.7 Å². The van der Waals surface area contributed by atoms with Crippen molar-refractivity contribution in [1.82, 2.24) is 24.9 Å². The van der Waals surface area contributed by atoms with E-state index in [0.29, 0.717) is 40.1 Å². The summed E-state index contributed by atoms with van der Waals surface area (Å²) >= 11 is 6.01. The van der Waals surface area contributed by atoms with Crippen molar-refractivity contribution in [2.75, 3.05) is 23.8 Å². The smallest absolute Gasteiger partial charge is 0.357 e. The molecule has 0 radical (unpaired) electrons. The number of hydrogen-bond acceptors (Lipinski definition) is 6. The minimum Gasteiger partial charge on any atom is -0.357 e. The minimum atomic E-state index is -4.62. The fourth-order valence-corrected chi connectivity index (χ4v) is 4.29. The normalized spacial score (nSPS) is 16.2. The van der Waals surface area contributed by atoms with Gasteiger partial charge in [0.15, 0.2) is 5.82 Å². The Hall–Kier alpha value is -3.47. The van der Waals surface area contributed by atoms with Crippen LogP contribution in [0, 0.1) is 5.82 Å². The van der Waals surface area contributed by atoms with E-state index in [4.69, 9.17) is 11.6 Å². The van der Waals surface area contributed by atoms with Crippen molar-refractivity contribution in [2.45, 2.75) is 18.6 Å². The molecule has 1 unspecified atom stereocenters. The highest BCUT2D eigenvalue weighted by Gasteiger charge is 2.37. The van der Waals surface area contributed by atoms with E-state index in [1.807, 2.05) is 0 Å². The first-order valence-electron chi connectivity index (χ1n) is 9.93. The first-order valence-corrected chi connectivity index (χ1v) is 10.3. The number of rotatable bonds is 3. The van der Waals surface area contributed by atoms with Crippen molar-refractivity contribution >= 4 is 34.4 Å². The summed E-state index contributed by atoms with van der Waals surface area (Å²) in [5.74, 6) is -0.266. The van der Waals surface area contributed by atoms with Gasteiger partial charge >= 0.3 is 6.18 Å². The lowest BCUT2D eigenvalue weighted by Crippen LogP contribution is -2.37. The van der Waals surface area contributed by atoms with Crippen LogP contribution in [0.1, 0.15) is 28.6 Å². The predicted octanol–water partition coefficient (Wildman–Crippen LogP) is 4.75. The quantitative estimate of drug-likeness (QED) is 0.414. The Labute approximate surface area is 189 Å². The summed E-state index contributed by atoms with van der Waals surface area (Å²) in [5, 5.41) is 3.17. The average Bonchev–Trinajstić information content (AvgIpc) is 3.20. The highest BCUT2D eigenvalue weighted by molar-refractivity contribution is 6.31. The highest BCUT2D eigenvalue weighted by Crippen LogP contribution is 2.41. The van der Waals surface area contributed by atoms with E-state index in [2.05, 4.69) is 30.2 Å². The summed E-state index contributed by atoms with van der Waals surface area (Å²) in [6.07, 6.45) is -0.0735. The maximum absolute atomic E-state index is 14.9. The first-order chi connectivity index (χ1) is 15.8. The third-order valence-electron chi connectivity index (χ3n) is 5.58. The molecule has 0 spiro atoms. The Morgan fingerprint density at radius 3 is 2.61 bits per heavy atom. The number of anilines is 2. The molecule has 0 amide bonds. The summed E-state index contributed by atoms with van der Waals surface area (Å²) in [4.78, 5) is 21.2. The minimum absolute atomic E-state index is 0.00815. The van der Waals surface area contributed by atoms with Gasteiger partial charge < -0.3 is 15.2 Å². The van der Waals surface area contributed by atoms with Crippen molar-refractivity contribution in [3.05, 3.63) is 70.1 Å². The second-order valence-corrected chi connectivity index (χ2v) is 7.88. The molecule has 0 saturated carbocycles. The van der Waals surface area contributed by atoms with E-state index in [9.17, 15) is 17.6 Å². The summed E-state index contributed by atoms with van der Waals surface area (Å²) in [6, 6.07) is 3.27.